The van der Waals surface area contributed by atoms with Crippen LogP contribution in [0.4, 0.5) is 14.5 Å². The number of hydrogen-bond acceptors (Lipinski definition) is 3. The molecule has 1 saturated heterocycles. The van der Waals surface area contributed by atoms with Crippen LogP contribution in [0.25, 0.3) is 0 Å². The number of carbonyl (C=O) groups is 1. The van der Waals surface area contributed by atoms with Crippen molar-refractivity contribution in [2.24, 2.45) is 5.92 Å². The van der Waals surface area contributed by atoms with E-state index < -0.39 is 17.5 Å². The summed E-state index contributed by atoms with van der Waals surface area (Å²) in [5.74, 6) is -1.58. The number of nitrogens with zero attached hydrogens (tertiary/aromatic N) is 1. The second-order valence-electron chi connectivity index (χ2n) is 5.55. The van der Waals surface area contributed by atoms with Gasteiger partial charge in [-0.05, 0) is 44.5 Å². The van der Waals surface area contributed by atoms with E-state index in [4.69, 9.17) is 0 Å². The molecule has 0 radical (unpaired) electrons. The second-order valence-corrected chi connectivity index (χ2v) is 5.55. The van der Waals surface area contributed by atoms with E-state index in [1.165, 1.54) is 7.05 Å². The molecule has 0 aromatic heterocycles. The highest BCUT2D eigenvalue weighted by Crippen LogP contribution is 2.20. The summed E-state index contributed by atoms with van der Waals surface area (Å²) in [6.07, 6.45) is 2.17. The number of nitrogens with one attached hydrogen (secondary N) is 2. The van der Waals surface area contributed by atoms with Crippen molar-refractivity contribution in [3.63, 3.8) is 0 Å². The van der Waals surface area contributed by atoms with Crippen LogP contribution in [0.3, 0.4) is 0 Å². The molecule has 2 rings (SSSR count). The third-order valence-corrected chi connectivity index (χ3v) is 3.83. The molecule has 4 nitrogen and oxygen atoms in total. The summed E-state index contributed by atoms with van der Waals surface area (Å²) in [7, 11) is 3.48. The van der Waals surface area contributed by atoms with Crippen molar-refractivity contribution in [1.29, 1.82) is 0 Å². The zero-order chi connectivity index (χ0) is 15.4. The first-order valence-electron chi connectivity index (χ1n) is 7.14. The van der Waals surface area contributed by atoms with Crippen LogP contribution in [0.1, 0.15) is 23.2 Å². The molecule has 2 N–H and O–H groups in total. The third kappa shape index (κ3) is 3.91. The summed E-state index contributed by atoms with van der Waals surface area (Å²) in [4.78, 5) is 14.2. The topological polar surface area (TPSA) is 44.4 Å². The minimum absolute atomic E-state index is 0.00756. The van der Waals surface area contributed by atoms with Crippen molar-refractivity contribution < 1.29 is 13.6 Å². The average molecular weight is 297 g/mol. The Morgan fingerprint density at radius 3 is 2.62 bits per heavy atom. The molecule has 0 aliphatic carbocycles. The number of amides is 1. The van der Waals surface area contributed by atoms with Gasteiger partial charge in [0.2, 0.25) is 0 Å². The van der Waals surface area contributed by atoms with Crippen LogP contribution in [0.15, 0.2) is 12.1 Å². The highest BCUT2D eigenvalue weighted by atomic mass is 19.1. The van der Waals surface area contributed by atoms with E-state index in [1.54, 1.807) is 0 Å². The maximum absolute atomic E-state index is 13.6. The molecule has 6 heteroatoms. The number of carbonyl (C=O) groups excluding carboxylic acids is 1. The summed E-state index contributed by atoms with van der Waals surface area (Å²) in [5, 5.41) is 5.19. The molecule has 1 aliphatic heterocycles. The summed E-state index contributed by atoms with van der Waals surface area (Å²) in [6.45, 7) is 2.54. The molecule has 1 aliphatic rings. The van der Waals surface area contributed by atoms with Gasteiger partial charge in [0.05, 0.1) is 0 Å². The lowest BCUT2D eigenvalue weighted by Crippen LogP contribution is -2.39. The molecule has 1 fully saturated rings. The van der Waals surface area contributed by atoms with Gasteiger partial charge in [-0.2, -0.15) is 0 Å². The van der Waals surface area contributed by atoms with Crippen molar-refractivity contribution in [2.45, 2.75) is 12.8 Å². The van der Waals surface area contributed by atoms with Crippen LogP contribution in [0.5, 0.6) is 0 Å². The quantitative estimate of drug-likeness (QED) is 0.894. The fraction of sp³-hybridized carbons (Fsp3) is 0.533. The highest BCUT2D eigenvalue weighted by Gasteiger charge is 2.19. The molecule has 0 spiro atoms. The Hall–Kier alpha value is -1.69. The van der Waals surface area contributed by atoms with Crippen molar-refractivity contribution in [1.82, 2.24) is 10.2 Å². The second kappa shape index (κ2) is 6.85. The van der Waals surface area contributed by atoms with Crippen LogP contribution < -0.4 is 10.6 Å². The van der Waals surface area contributed by atoms with E-state index >= 15 is 0 Å². The van der Waals surface area contributed by atoms with Gasteiger partial charge in [0.1, 0.15) is 17.3 Å². The molecular weight excluding hydrogens is 276 g/mol. The minimum atomic E-state index is -0.764. The summed E-state index contributed by atoms with van der Waals surface area (Å²) in [6, 6.07) is 2.11. The van der Waals surface area contributed by atoms with Gasteiger partial charge in [0.15, 0.2) is 0 Å². The fourth-order valence-electron chi connectivity index (χ4n) is 2.72. The first-order valence-corrected chi connectivity index (χ1v) is 7.14. The van der Waals surface area contributed by atoms with E-state index in [1.807, 2.05) is 0 Å². The molecule has 0 bridgehead atoms. The van der Waals surface area contributed by atoms with Crippen molar-refractivity contribution in [3.8, 4) is 0 Å². The summed E-state index contributed by atoms with van der Waals surface area (Å²) >= 11 is 0. The highest BCUT2D eigenvalue weighted by molar-refractivity contribution is 5.94. The summed E-state index contributed by atoms with van der Waals surface area (Å²) < 4.78 is 27.3. The van der Waals surface area contributed by atoms with Gasteiger partial charge in [-0.25, -0.2) is 8.78 Å². The first-order chi connectivity index (χ1) is 10.0. The van der Waals surface area contributed by atoms with Crippen molar-refractivity contribution in [2.75, 3.05) is 39.0 Å². The first kappa shape index (κ1) is 15.7. The van der Waals surface area contributed by atoms with Gasteiger partial charge in [-0.1, -0.05) is 0 Å². The lowest BCUT2D eigenvalue weighted by atomic mass is 9.98. The number of rotatable bonds is 4. The largest absolute Gasteiger partial charge is 0.383 e. The van der Waals surface area contributed by atoms with E-state index in [-0.39, 0.29) is 11.3 Å². The average Bonchev–Trinajstić information content (AvgIpc) is 2.44. The number of benzene rings is 1. The van der Waals surface area contributed by atoms with E-state index in [2.05, 4.69) is 22.6 Å². The minimum Gasteiger partial charge on any atom is -0.383 e. The molecule has 1 atom stereocenters. The number of hydrogen-bond donors (Lipinski definition) is 2. The smallest absolute Gasteiger partial charge is 0.251 e. The normalized spacial score (nSPS) is 19.3. The van der Waals surface area contributed by atoms with Gasteiger partial charge in [-0.3, -0.25) is 4.79 Å². The van der Waals surface area contributed by atoms with Crippen molar-refractivity contribution >= 4 is 11.6 Å². The molecule has 21 heavy (non-hydrogen) atoms. The number of piperidine rings is 1. The Balaban J connectivity index is 1.97. The monoisotopic (exact) mass is 297 g/mol. The Morgan fingerprint density at radius 2 is 2.05 bits per heavy atom. The molecule has 116 valence electrons. The zero-order valence-corrected chi connectivity index (χ0v) is 12.4. The molecule has 1 aromatic rings. The Kier molecular flexibility index (Phi) is 5.12. The predicted octanol–water partition coefficient (Wildman–Crippen LogP) is 2.08. The SMILES string of the molecule is CNc1c(F)cc(C(=O)NCC2CCCN(C)C2)cc1F. The Bertz CT molecular complexity index is 499. The zero-order valence-electron chi connectivity index (χ0n) is 12.4. The lowest BCUT2D eigenvalue weighted by molar-refractivity contribution is 0.0936. The third-order valence-electron chi connectivity index (χ3n) is 3.83. The molecule has 1 heterocycles. The Morgan fingerprint density at radius 1 is 1.38 bits per heavy atom. The lowest BCUT2D eigenvalue weighted by Gasteiger charge is -2.29. The van der Waals surface area contributed by atoms with Crippen molar-refractivity contribution in [3.05, 3.63) is 29.3 Å². The van der Waals surface area contributed by atoms with E-state index in [0.29, 0.717) is 12.5 Å². The number of likely N-dealkylation sites (tertiary alicyclic amines) is 1. The van der Waals surface area contributed by atoms with Gasteiger partial charge in [-0.15, -0.1) is 0 Å². The maximum atomic E-state index is 13.6. The van der Waals surface area contributed by atoms with Crippen LogP contribution in [0.2, 0.25) is 0 Å². The number of halogens is 2. The van der Waals surface area contributed by atoms with Crippen LogP contribution in [0, 0.1) is 17.6 Å². The Labute approximate surface area is 123 Å². The van der Waals surface area contributed by atoms with Crippen LogP contribution >= 0.6 is 0 Å². The van der Waals surface area contributed by atoms with Gasteiger partial charge in [0, 0.05) is 25.7 Å². The van der Waals surface area contributed by atoms with Crippen LogP contribution in [-0.2, 0) is 0 Å². The molecule has 1 aromatic carbocycles. The molecule has 1 unspecified atom stereocenters. The van der Waals surface area contributed by atoms with Gasteiger partial charge in [0.25, 0.3) is 5.91 Å². The van der Waals surface area contributed by atoms with E-state index in [9.17, 15) is 13.6 Å². The van der Waals surface area contributed by atoms with Gasteiger partial charge >= 0.3 is 0 Å². The summed E-state index contributed by atoms with van der Waals surface area (Å²) in [5.41, 5.74) is -0.214. The molecule has 0 saturated carbocycles. The molecule has 1 amide bonds. The number of anilines is 1. The van der Waals surface area contributed by atoms with Gasteiger partial charge < -0.3 is 15.5 Å². The predicted molar refractivity (Wildman–Crippen MR) is 78.5 cm³/mol. The standard InChI is InChI=1S/C15H21F2N3O/c1-18-14-12(16)6-11(7-13(14)17)15(21)19-8-10-4-3-5-20(2)9-10/h6-7,10,18H,3-5,8-9H2,1-2H3,(H,19,21). The maximum Gasteiger partial charge on any atom is 0.251 e. The molecular formula is C15H21F2N3O. The van der Waals surface area contributed by atoms with Crippen LogP contribution in [-0.4, -0.2) is 44.5 Å². The van der Waals surface area contributed by atoms with E-state index in [0.717, 1.165) is 38.1 Å². The fourth-order valence-corrected chi connectivity index (χ4v) is 2.72.